The first-order valence-electron chi connectivity index (χ1n) is 3.78. The van der Waals surface area contributed by atoms with E-state index in [1.54, 1.807) is 13.3 Å². The molecular formula is C9H10N2O. The lowest BCUT2D eigenvalue weighted by Gasteiger charge is -2.04. The van der Waals surface area contributed by atoms with Gasteiger partial charge in [-0.05, 0) is 18.6 Å². The number of aromatic nitrogens is 2. The molecule has 0 atom stereocenters. The van der Waals surface area contributed by atoms with E-state index in [0.29, 0.717) is 0 Å². The Bertz CT molecular complexity index is 406. The summed E-state index contributed by atoms with van der Waals surface area (Å²) in [6, 6.07) is 2.00. The van der Waals surface area contributed by atoms with Crippen molar-refractivity contribution in [3.05, 3.63) is 30.2 Å². The van der Waals surface area contributed by atoms with Crippen molar-refractivity contribution in [3.63, 3.8) is 0 Å². The predicted molar refractivity (Wildman–Crippen MR) is 46.5 cm³/mol. The van der Waals surface area contributed by atoms with E-state index in [-0.39, 0.29) is 0 Å². The molecule has 0 unspecified atom stereocenters. The van der Waals surface area contributed by atoms with E-state index >= 15 is 0 Å². The number of ether oxygens (including phenoxy) is 1. The van der Waals surface area contributed by atoms with Gasteiger partial charge in [-0.3, -0.25) is 0 Å². The molecule has 0 saturated heterocycles. The Morgan fingerprint density at radius 2 is 2.33 bits per heavy atom. The number of imidazole rings is 1. The minimum Gasteiger partial charge on any atom is -0.495 e. The van der Waals surface area contributed by atoms with Crippen LogP contribution in [0.5, 0.6) is 5.75 Å². The van der Waals surface area contributed by atoms with Crippen LogP contribution in [0.2, 0.25) is 0 Å². The summed E-state index contributed by atoms with van der Waals surface area (Å²) in [6.45, 7) is 2.01. The minimum atomic E-state index is 0.889. The molecule has 62 valence electrons. The van der Waals surface area contributed by atoms with Gasteiger partial charge in [0.2, 0.25) is 0 Å². The van der Waals surface area contributed by atoms with Crippen molar-refractivity contribution < 1.29 is 4.74 Å². The maximum absolute atomic E-state index is 5.17. The first-order chi connectivity index (χ1) is 5.81. The van der Waals surface area contributed by atoms with Crippen LogP contribution in [-0.2, 0) is 0 Å². The number of aryl methyl sites for hydroxylation is 1. The quantitative estimate of drug-likeness (QED) is 0.637. The van der Waals surface area contributed by atoms with Gasteiger partial charge >= 0.3 is 0 Å². The Kier molecular flexibility index (Phi) is 1.50. The number of pyridine rings is 1. The van der Waals surface area contributed by atoms with E-state index in [1.165, 1.54) is 0 Å². The van der Waals surface area contributed by atoms with Gasteiger partial charge in [0.25, 0.3) is 0 Å². The van der Waals surface area contributed by atoms with Crippen molar-refractivity contribution in [1.29, 1.82) is 0 Å². The summed E-state index contributed by atoms with van der Waals surface area (Å²) >= 11 is 0. The maximum atomic E-state index is 5.17. The van der Waals surface area contributed by atoms with Crippen LogP contribution in [0.25, 0.3) is 5.65 Å². The van der Waals surface area contributed by atoms with Crippen molar-refractivity contribution in [3.8, 4) is 5.75 Å². The molecule has 2 rings (SSSR count). The minimum absolute atomic E-state index is 0.889. The third kappa shape index (κ3) is 0.942. The van der Waals surface area contributed by atoms with E-state index in [1.807, 2.05) is 29.8 Å². The number of fused-ring (bicyclic) bond motifs is 1. The Morgan fingerprint density at radius 1 is 1.50 bits per heavy atom. The van der Waals surface area contributed by atoms with Crippen molar-refractivity contribution in [2.24, 2.45) is 0 Å². The summed E-state index contributed by atoms with van der Waals surface area (Å²) in [5.74, 6) is 0.889. The van der Waals surface area contributed by atoms with Gasteiger partial charge < -0.3 is 9.14 Å². The van der Waals surface area contributed by atoms with Gasteiger partial charge in [0.05, 0.1) is 13.3 Å². The summed E-state index contributed by atoms with van der Waals surface area (Å²) in [7, 11) is 1.67. The third-order valence-corrected chi connectivity index (χ3v) is 1.91. The van der Waals surface area contributed by atoms with E-state index in [9.17, 15) is 0 Å². The molecular weight excluding hydrogens is 152 g/mol. The molecule has 12 heavy (non-hydrogen) atoms. The largest absolute Gasteiger partial charge is 0.495 e. The number of hydrogen-bond acceptors (Lipinski definition) is 2. The van der Waals surface area contributed by atoms with Crippen molar-refractivity contribution in [2.75, 3.05) is 7.11 Å². The molecule has 0 spiro atoms. The highest BCUT2D eigenvalue weighted by atomic mass is 16.5. The van der Waals surface area contributed by atoms with E-state index < -0.39 is 0 Å². The predicted octanol–water partition coefficient (Wildman–Crippen LogP) is 1.65. The normalized spacial score (nSPS) is 10.5. The summed E-state index contributed by atoms with van der Waals surface area (Å²) < 4.78 is 7.11. The average molecular weight is 162 g/mol. The SMILES string of the molecule is COc1cn2ccnc2cc1C. The van der Waals surface area contributed by atoms with Crippen LogP contribution in [0.4, 0.5) is 0 Å². The lowest BCUT2D eigenvalue weighted by Crippen LogP contribution is -1.91. The van der Waals surface area contributed by atoms with Crippen LogP contribution in [-0.4, -0.2) is 16.5 Å². The van der Waals surface area contributed by atoms with Gasteiger partial charge in [0, 0.05) is 12.4 Å². The fraction of sp³-hybridized carbons (Fsp3) is 0.222. The molecule has 0 fully saturated rings. The number of rotatable bonds is 1. The number of methoxy groups -OCH3 is 1. The summed E-state index contributed by atoms with van der Waals surface area (Å²) in [4.78, 5) is 4.16. The summed E-state index contributed by atoms with van der Waals surface area (Å²) in [5.41, 5.74) is 2.06. The van der Waals surface area contributed by atoms with Crippen LogP contribution in [0.3, 0.4) is 0 Å². The first-order valence-corrected chi connectivity index (χ1v) is 3.78. The molecule has 2 aromatic heterocycles. The Labute approximate surface area is 70.6 Å². The molecule has 3 nitrogen and oxygen atoms in total. The van der Waals surface area contributed by atoms with Gasteiger partial charge in [0.15, 0.2) is 0 Å². The van der Waals surface area contributed by atoms with E-state index in [2.05, 4.69) is 4.98 Å². The fourth-order valence-corrected chi connectivity index (χ4v) is 1.25. The zero-order chi connectivity index (χ0) is 8.55. The van der Waals surface area contributed by atoms with Gasteiger partial charge in [0.1, 0.15) is 11.4 Å². The molecule has 0 amide bonds. The molecule has 0 aliphatic carbocycles. The fourth-order valence-electron chi connectivity index (χ4n) is 1.25. The monoisotopic (exact) mass is 162 g/mol. The highest BCUT2D eigenvalue weighted by Gasteiger charge is 2.00. The van der Waals surface area contributed by atoms with Crippen molar-refractivity contribution in [2.45, 2.75) is 6.92 Å². The molecule has 0 aliphatic heterocycles. The third-order valence-electron chi connectivity index (χ3n) is 1.91. The smallest absolute Gasteiger partial charge is 0.138 e. The Morgan fingerprint density at radius 3 is 3.08 bits per heavy atom. The second-order valence-electron chi connectivity index (χ2n) is 2.72. The van der Waals surface area contributed by atoms with Gasteiger partial charge in [-0.25, -0.2) is 4.98 Å². The number of hydrogen-bond donors (Lipinski definition) is 0. The molecule has 2 heterocycles. The van der Waals surface area contributed by atoms with Crippen molar-refractivity contribution >= 4 is 5.65 Å². The van der Waals surface area contributed by atoms with Crippen LogP contribution in [0.15, 0.2) is 24.7 Å². The molecule has 0 aliphatic rings. The Balaban J connectivity index is 2.73. The second-order valence-corrected chi connectivity index (χ2v) is 2.72. The molecule has 0 N–H and O–H groups in total. The zero-order valence-corrected chi connectivity index (χ0v) is 7.11. The average Bonchev–Trinajstić information content (AvgIpc) is 2.49. The Hall–Kier alpha value is -1.51. The maximum Gasteiger partial charge on any atom is 0.138 e. The molecule has 2 aromatic rings. The lowest BCUT2D eigenvalue weighted by molar-refractivity contribution is 0.409. The zero-order valence-electron chi connectivity index (χ0n) is 7.11. The van der Waals surface area contributed by atoms with Crippen molar-refractivity contribution in [1.82, 2.24) is 9.38 Å². The van der Waals surface area contributed by atoms with Crippen LogP contribution in [0, 0.1) is 6.92 Å². The molecule has 0 aromatic carbocycles. The highest BCUT2D eigenvalue weighted by Crippen LogP contribution is 2.17. The molecule has 0 radical (unpaired) electrons. The van der Waals surface area contributed by atoms with Crippen LogP contribution >= 0.6 is 0 Å². The molecule has 0 saturated carbocycles. The van der Waals surface area contributed by atoms with E-state index in [4.69, 9.17) is 4.74 Å². The molecule has 0 bridgehead atoms. The molecule has 3 heteroatoms. The lowest BCUT2D eigenvalue weighted by atomic mass is 10.3. The topological polar surface area (TPSA) is 26.5 Å². The summed E-state index contributed by atoms with van der Waals surface area (Å²) in [6.07, 6.45) is 5.60. The standard InChI is InChI=1S/C9H10N2O/c1-7-5-9-10-3-4-11(9)6-8(7)12-2/h3-6H,1-2H3. The highest BCUT2D eigenvalue weighted by molar-refractivity contribution is 5.46. The van der Waals surface area contributed by atoms with Gasteiger partial charge in [-0.15, -0.1) is 0 Å². The van der Waals surface area contributed by atoms with E-state index in [0.717, 1.165) is 17.0 Å². The van der Waals surface area contributed by atoms with Crippen LogP contribution in [0.1, 0.15) is 5.56 Å². The first kappa shape index (κ1) is 7.16. The summed E-state index contributed by atoms with van der Waals surface area (Å²) in [5, 5.41) is 0. The number of nitrogens with zero attached hydrogens (tertiary/aromatic N) is 2. The van der Waals surface area contributed by atoms with Crippen LogP contribution < -0.4 is 4.74 Å². The second kappa shape index (κ2) is 2.52. The van der Waals surface area contributed by atoms with Gasteiger partial charge in [-0.2, -0.15) is 0 Å². The van der Waals surface area contributed by atoms with Gasteiger partial charge in [-0.1, -0.05) is 0 Å².